The molecule has 2 aromatic rings. The molecule has 0 radical (unpaired) electrons. The first kappa shape index (κ1) is 12.7. The zero-order valence-corrected chi connectivity index (χ0v) is 10.1. The molecule has 0 aliphatic carbocycles. The summed E-state index contributed by atoms with van der Waals surface area (Å²) in [6.07, 6.45) is 2.81. The maximum absolute atomic E-state index is 11.7. The molecule has 2 aromatic heterocycles. The van der Waals surface area contributed by atoms with Gasteiger partial charge in [0.25, 0.3) is 0 Å². The molecule has 0 aliphatic heterocycles. The average Bonchev–Trinajstić information content (AvgIpc) is 2.93. The van der Waals surface area contributed by atoms with Crippen LogP contribution in [0.1, 0.15) is 17.3 Å². The number of furan rings is 1. The Balaban J connectivity index is 2.46. The molecule has 0 atom stereocenters. The van der Waals surface area contributed by atoms with E-state index in [0.29, 0.717) is 11.5 Å². The molecule has 0 aromatic carbocycles. The number of ether oxygens (including phenoxy) is 1. The molecule has 0 unspecified atom stereocenters. The van der Waals surface area contributed by atoms with Gasteiger partial charge < -0.3 is 9.15 Å². The summed E-state index contributed by atoms with van der Waals surface area (Å²) in [5.74, 6) is -0.0619. The van der Waals surface area contributed by atoms with E-state index in [2.05, 4.69) is 15.0 Å². The summed E-state index contributed by atoms with van der Waals surface area (Å²) in [6.45, 7) is 1.92. The van der Waals surface area contributed by atoms with E-state index in [0.717, 1.165) is 0 Å². The Hall–Kier alpha value is -2.79. The van der Waals surface area contributed by atoms with Gasteiger partial charge in [0.2, 0.25) is 0 Å². The number of aromatic nitrogens is 1. The highest BCUT2D eigenvalue weighted by atomic mass is 16.5. The molecule has 0 saturated heterocycles. The highest BCUT2D eigenvalue weighted by Crippen LogP contribution is 2.26. The molecular formula is C12H10N4O3. The third kappa shape index (κ3) is 2.72. The van der Waals surface area contributed by atoms with Gasteiger partial charge in [0.1, 0.15) is 5.69 Å². The first-order chi connectivity index (χ1) is 9.26. The van der Waals surface area contributed by atoms with Crippen LogP contribution in [0.5, 0.6) is 0 Å². The molecular weight excluding hydrogens is 248 g/mol. The van der Waals surface area contributed by atoms with Crippen LogP contribution in [-0.4, -0.2) is 17.6 Å². The lowest BCUT2D eigenvalue weighted by Gasteiger charge is -2.05. The Morgan fingerprint density at radius 3 is 3.11 bits per heavy atom. The summed E-state index contributed by atoms with van der Waals surface area (Å²) in [6, 6.07) is 4.90. The maximum atomic E-state index is 11.7. The molecule has 2 heterocycles. The van der Waals surface area contributed by atoms with Gasteiger partial charge in [-0.25, -0.2) is 4.79 Å². The summed E-state index contributed by atoms with van der Waals surface area (Å²) >= 11 is 0. The summed E-state index contributed by atoms with van der Waals surface area (Å²) in [5.41, 5.74) is 9.29. The van der Waals surface area contributed by atoms with Crippen LogP contribution in [0.4, 0.5) is 5.69 Å². The van der Waals surface area contributed by atoms with Gasteiger partial charge in [0.15, 0.2) is 5.76 Å². The summed E-state index contributed by atoms with van der Waals surface area (Å²) < 4.78 is 10.0. The molecule has 7 nitrogen and oxygen atoms in total. The number of nitrogens with zero attached hydrogens (tertiary/aromatic N) is 4. The van der Waals surface area contributed by atoms with Gasteiger partial charge in [0, 0.05) is 11.1 Å². The van der Waals surface area contributed by atoms with Gasteiger partial charge in [-0.3, -0.25) is 4.98 Å². The first-order valence-electron chi connectivity index (χ1n) is 5.52. The third-order valence-electron chi connectivity index (χ3n) is 2.30. The minimum absolute atomic E-state index is 0.120. The van der Waals surface area contributed by atoms with Crippen molar-refractivity contribution in [1.29, 1.82) is 0 Å². The Morgan fingerprint density at radius 1 is 1.63 bits per heavy atom. The van der Waals surface area contributed by atoms with Crippen molar-refractivity contribution in [2.75, 3.05) is 6.61 Å². The predicted octanol–water partition coefficient (Wildman–Crippen LogP) is 3.46. The van der Waals surface area contributed by atoms with Crippen molar-refractivity contribution < 1.29 is 13.9 Å². The maximum Gasteiger partial charge on any atom is 0.340 e. The Morgan fingerprint density at radius 2 is 2.47 bits per heavy atom. The molecule has 0 N–H and O–H groups in total. The van der Waals surface area contributed by atoms with E-state index < -0.39 is 5.97 Å². The summed E-state index contributed by atoms with van der Waals surface area (Å²) in [4.78, 5) is 18.4. The predicted molar refractivity (Wildman–Crippen MR) is 66.7 cm³/mol. The second-order valence-electron chi connectivity index (χ2n) is 3.47. The van der Waals surface area contributed by atoms with Crippen LogP contribution in [0.25, 0.3) is 21.9 Å². The molecule has 0 saturated carbocycles. The minimum Gasteiger partial charge on any atom is -0.463 e. The van der Waals surface area contributed by atoms with E-state index in [1.165, 1.54) is 18.5 Å². The van der Waals surface area contributed by atoms with Crippen LogP contribution in [0, 0.1) is 0 Å². The van der Waals surface area contributed by atoms with Crippen molar-refractivity contribution in [1.82, 2.24) is 4.98 Å². The van der Waals surface area contributed by atoms with E-state index in [4.69, 9.17) is 14.7 Å². The van der Waals surface area contributed by atoms with E-state index in [1.807, 2.05) is 0 Å². The van der Waals surface area contributed by atoms with Gasteiger partial charge in [0.05, 0.1) is 24.1 Å². The molecule has 0 aliphatic rings. The highest BCUT2D eigenvalue weighted by molar-refractivity contribution is 5.95. The van der Waals surface area contributed by atoms with Gasteiger partial charge in [-0.05, 0) is 30.7 Å². The first-order valence-corrected chi connectivity index (χ1v) is 5.52. The fraction of sp³-hybridized carbons (Fsp3) is 0.167. The number of hydrogen-bond acceptors (Lipinski definition) is 5. The van der Waals surface area contributed by atoms with Gasteiger partial charge in [-0.1, -0.05) is 5.11 Å². The van der Waals surface area contributed by atoms with Crippen molar-refractivity contribution in [3.8, 4) is 11.5 Å². The molecule has 19 heavy (non-hydrogen) atoms. The van der Waals surface area contributed by atoms with Crippen molar-refractivity contribution in [3.63, 3.8) is 0 Å². The van der Waals surface area contributed by atoms with E-state index >= 15 is 0 Å². The molecule has 0 spiro atoms. The monoisotopic (exact) mass is 258 g/mol. The fourth-order valence-electron chi connectivity index (χ4n) is 1.50. The molecule has 96 valence electrons. The van der Waals surface area contributed by atoms with Crippen LogP contribution in [0.3, 0.4) is 0 Å². The van der Waals surface area contributed by atoms with Gasteiger partial charge in [-0.2, -0.15) is 0 Å². The largest absolute Gasteiger partial charge is 0.463 e. The highest BCUT2D eigenvalue weighted by Gasteiger charge is 2.14. The fourth-order valence-corrected chi connectivity index (χ4v) is 1.50. The van der Waals surface area contributed by atoms with Crippen molar-refractivity contribution in [2.24, 2.45) is 5.11 Å². The number of azide groups is 1. The van der Waals surface area contributed by atoms with Crippen LogP contribution < -0.4 is 0 Å². The average molecular weight is 258 g/mol. The lowest BCUT2D eigenvalue weighted by Crippen LogP contribution is -2.05. The van der Waals surface area contributed by atoms with Crippen molar-refractivity contribution in [3.05, 3.63) is 46.7 Å². The minimum atomic E-state index is -0.580. The molecule has 2 rings (SSSR count). The number of hydrogen-bond donors (Lipinski definition) is 0. The van der Waals surface area contributed by atoms with E-state index in [1.54, 1.807) is 19.1 Å². The van der Waals surface area contributed by atoms with Crippen molar-refractivity contribution >= 4 is 11.7 Å². The van der Waals surface area contributed by atoms with Crippen LogP contribution in [0.15, 0.2) is 40.2 Å². The SMILES string of the molecule is CCOC(=O)c1cnc(-c2ccco2)cc1N=[N+]=[N-]. The molecule has 0 bridgehead atoms. The zero-order valence-electron chi connectivity index (χ0n) is 10.1. The lowest BCUT2D eigenvalue weighted by molar-refractivity contribution is 0.0527. The quantitative estimate of drug-likeness (QED) is 0.362. The Labute approximate surface area is 108 Å². The van der Waals surface area contributed by atoms with Crippen LogP contribution in [0.2, 0.25) is 0 Å². The lowest BCUT2D eigenvalue weighted by atomic mass is 10.2. The summed E-state index contributed by atoms with van der Waals surface area (Å²) in [7, 11) is 0. The molecule has 0 amide bonds. The van der Waals surface area contributed by atoms with Gasteiger partial charge in [-0.15, -0.1) is 0 Å². The van der Waals surface area contributed by atoms with Gasteiger partial charge >= 0.3 is 5.97 Å². The number of carbonyl (C=O) groups is 1. The van der Waals surface area contributed by atoms with E-state index in [-0.39, 0.29) is 17.9 Å². The standard InChI is InChI=1S/C12H10N4O3/c1-2-18-12(17)8-7-14-10(6-9(8)15-16-13)11-4-3-5-19-11/h3-7H,2H2,1H3. The van der Waals surface area contributed by atoms with Crippen LogP contribution in [-0.2, 0) is 4.74 Å². The zero-order chi connectivity index (χ0) is 13.7. The number of rotatable bonds is 4. The van der Waals surface area contributed by atoms with Crippen molar-refractivity contribution in [2.45, 2.75) is 6.92 Å². The second kappa shape index (κ2) is 5.70. The number of pyridine rings is 1. The topological polar surface area (TPSA) is 101 Å². The molecule has 0 fully saturated rings. The number of esters is 1. The van der Waals surface area contributed by atoms with Crippen LogP contribution >= 0.6 is 0 Å². The smallest absolute Gasteiger partial charge is 0.340 e. The van der Waals surface area contributed by atoms with E-state index in [9.17, 15) is 4.79 Å². The Bertz CT molecular complexity index is 630. The molecule has 7 heteroatoms. The Kier molecular flexibility index (Phi) is 3.80. The number of carbonyl (C=O) groups excluding carboxylic acids is 1. The normalized spacial score (nSPS) is 9.74. The third-order valence-corrected chi connectivity index (χ3v) is 2.30. The second-order valence-corrected chi connectivity index (χ2v) is 3.47. The summed E-state index contributed by atoms with van der Waals surface area (Å²) in [5, 5.41) is 3.48.